The van der Waals surface area contributed by atoms with Crippen LogP contribution in [0.2, 0.25) is 0 Å². The lowest BCUT2D eigenvalue weighted by atomic mass is 10.4. The predicted octanol–water partition coefficient (Wildman–Crippen LogP) is 0.686. The van der Waals surface area contributed by atoms with Crippen LogP contribution in [0.15, 0.2) is 12.7 Å². The molecular weight excluding hydrogens is 236 g/mol. The zero-order valence-corrected chi connectivity index (χ0v) is 10.4. The van der Waals surface area contributed by atoms with E-state index in [2.05, 4.69) is 16.1 Å². The maximum Gasteiger partial charge on any atom is 0.397 e. The molecule has 0 bridgehead atoms. The smallest absolute Gasteiger partial charge is 0.353 e. The minimum absolute atomic E-state index is 0. The van der Waals surface area contributed by atoms with E-state index >= 15 is 0 Å². The highest BCUT2D eigenvalue weighted by Gasteiger charge is 1.98. The fraction of sp³-hybridized carbons (Fsp3) is 0.625. The van der Waals surface area contributed by atoms with E-state index in [0.717, 1.165) is 13.0 Å². The highest BCUT2D eigenvalue weighted by atomic mass is 32.3. The van der Waals surface area contributed by atoms with Crippen LogP contribution in [0.3, 0.4) is 0 Å². The monoisotopic (exact) mass is 256 g/mol. The predicted molar refractivity (Wildman–Crippen MR) is 61.7 cm³/mol. The standard InChI is InChI=1S/C6H11NO.C2H6O4S.H3N/c1-3-5-7-6(8)4-2;1-2-6-7(3,4)5;/h4H,2-3,5H2,1H3,(H,7,8);2H2,1H3,(H,3,4,5);1H3. The van der Waals surface area contributed by atoms with Crippen LogP contribution < -0.4 is 11.5 Å². The minimum atomic E-state index is -4.17. The van der Waals surface area contributed by atoms with Gasteiger partial charge in [-0.1, -0.05) is 13.5 Å². The molecule has 0 aliphatic rings. The molecule has 0 aliphatic heterocycles. The summed E-state index contributed by atoms with van der Waals surface area (Å²) >= 11 is 0. The average molecular weight is 256 g/mol. The molecule has 0 fully saturated rings. The van der Waals surface area contributed by atoms with Gasteiger partial charge in [-0.15, -0.1) is 0 Å². The summed E-state index contributed by atoms with van der Waals surface area (Å²) in [5.74, 6) is -0.0909. The van der Waals surface area contributed by atoms with E-state index in [1.165, 1.54) is 13.0 Å². The summed E-state index contributed by atoms with van der Waals surface area (Å²) < 4.78 is 30.7. The zero-order valence-electron chi connectivity index (χ0n) is 9.60. The van der Waals surface area contributed by atoms with Gasteiger partial charge in [-0.25, -0.2) is 4.18 Å². The van der Waals surface area contributed by atoms with Crippen LogP contribution in [0.25, 0.3) is 0 Å². The van der Waals surface area contributed by atoms with Crippen molar-refractivity contribution < 1.29 is 21.9 Å². The lowest BCUT2D eigenvalue weighted by molar-refractivity contribution is -0.116. The van der Waals surface area contributed by atoms with Gasteiger partial charge in [0.1, 0.15) is 0 Å². The van der Waals surface area contributed by atoms with Crippen molar-refractivity contribution in [2.45, 2.75) is 20.3 Å². The molecule has 5 N–H and O–H groups in total. The van der Waals surface area contributed by atoms with Crippen LogP contribution in [0.5, 0.6) is 0 Å². The number of hydrogen-bond donors (Lipinski definition) is 3. The number of rotatable bonds is 5. The molecule has 0 saturated carbocycles. The second-order valence-corrected chi connectivity index (χ2v) is 3.42. The molecule has 0 aromatic carbocycles. The number of hydrogen-bond acceptors (Lipinski definition) is 5. The van der Waals surface area contributed by atoms with Crippen molar-refractivity contribution in [3.63, 3.8) is 0 Å². The molecule has 98 valence electrons. The lowest BCUT2D eigenvalue weighted by Crippen LogP contribution is -2.20. The van der Waals surface area contributed by atoms with Crippen LogP contribution in [-0.2, 0) is 19.4 Å². The third-order valence-corrected chi connectivity index (χ3v) is 1.53. The molecule has 0 heterocycles. The molecule has 0 radical (unpaired) electrons. The molecule has 7 nitrogen and oxygen atoms in total. The number of carbonyl (C=O) groups is 1. The maximum absolute atomic E-state index is 10.3. The Bertz CT molecular complexity index is 276. The summed E-state index contributed by atoms with van der Waals surface area (Å²) in [4.78, 5) is 10.3. The maximum atomic E-state index is 10.3. The molecule has 0 unspecified atom stereocenters. The van der Waals surface area contributed by atoms with Gasteiger partial charge in [0.15, 0.2) is 0 Å². The van der Waals surface area contributed by atoms with E-state index in [9.17, 15) is 13.2 Å². The van der Waals surface area contributed by atoms with Crippen molar-refractivity contribution in [3.8, 4) is 0 Å². The molecule has 0 saturated heterocycles. The number of carbonyl (C=O) groups excluding carboxylic acids is 1. The largest absolute Gasteiger partial charge is 0.397 e. The second kappa shape index (κ2) is 12.1. The molecule has 0 aliphatic carbocycles. The normalized spacial score (nSPS) is 9.19. The third-order valence-electron chi connectivity index (χ3n) is 1.00. The molecule has 1 amide bonds. The molecule has 0 rings (SSSR count). The SMILES string of the molecule is C=CC(=O)NCCC.CCOS(=O)(=O)O.N. The Kier molecular flexibility index (Phi) is 15.5. The van der Waals surface area contributed by atoms with Crippen molar-refractivity contribution in [1.29, 1.82) is 0 Å². The Morgan fingerprint density at radius 3 is 2.19 bits per heavy atom. The first kappa shape index (κ1) is 20.5. The summed E-state index contributed by atoms with van der Waals surface area (Å²) in [7, 11) is -4.17. The van der Waals surface area contributed by atoms with Gasteiger partial charge in [0.25, 0.3) is 0 Å². The van der Waals surface area contributed by atoms with Crippen molar-refractivity contribution in [1.82, 2.24) is 11.5 Å². The van der Waals surface area contributed by atoms with E-state index in [-0.39, 0.29) is 18.7 Å². The van der Waals surface area contributed by atoms with Gasteiger partial charge in [0.05, 0.1) is 6.61 Å². The Hall–Kier alpha value is -0.960. The summed E-state index contributed by atoms with van der Waals surface area (Å²) in [5, 5.41) is 2.62. The first-order chi connectivity index (χ1) is 6.87. The average Bonchev–Trinajstić information content (AvgIpc) is 2.13. The highest BCUT2D eigenvalue weighted by molar-refractivity contribution is 7.80. The van der Waals surface area contributed by atoms with Crippen molar-refractivity contribution >= 4 is 16.3 Å². The zero-order chi connectivity index (χ0) is 12.3. The van der Waals surface area contributed by atoms with Crippen LogP contribution >= 0.6 is 0 Å². The Labute approximate surface area is 96.4 Å². The van der Waals surface area contributed by atoms with Gasteiger partial charge in [-0.2, -0.15) is 8.42 Å². The van der Waals surface area contributed by atoms with E-state index in [4.69, 9.17) is 4.55 Å². The fourth-order valence-corrected chi connectivity index (χ4v) is 0.767. The third kappa shape index (κ3) is 23.1. The first-order valence-corrected chi connectivity index (χ1v) is 5.76. The van der Waals surface area contributed by atoms with Crippen LogP contribution in [-0.4, -0.2) is 32.0 Å². The highest BCUT2D eigenvalue weighted by Crippen LogP contribution is 1.81. The lowest BCUT2D eigenvalue weighted by Gasteiger charge is -1.94. The summed E-state index contributed by atoms with van der Waals surface area (Å²) in [6.07, 6.45) is 2.25. The van der Waals surface area contributed by atoms with Crippen LogP contribution in [0, 0.1) is 0 Å². The summed E-state index contributed by atoms with van der Waals surface area (Å²) in [6, 6.07) is 0. The quantitative estimate of drug-likeness (QED) is 0.490. The minimum Gasteiger partial charge on any atom is -0.353 e. The molecular formula is C8H20N2O5S. The van der Waals surface area contributed by atoms with Crippen molar-refractivity contribution in [2.24, 2.45) is 0 Å². The molecule has 8 heteroatoms. The van der Waals surface area contributed by atoms with Gasteiger partial charge in [0.2, 0.25) is 5.91 Å². The number of nitrogens with one attached hydrogen (secondary N) is 1. The Balaban J connectivity index is -0.000000200. The van der Waals surface area contributed by atoms with E-state index < -0.39 is 10.4 Å². The van der Waals surface area contributed by atoms with E-state index in [1.807, 2.05) is 6.92 Å². The molecule has 0 atom stereocenters. The van der Waals surface area contributed by atoms with Gasteiger partial charge in [-0.3, -0.25) is 9.35 Å². The van der Waals surface area contributed by atoms with Crippen LogP contribution in [0.4, 0.5) is 0 Å². The summed E-state index contributed by atoms with van der Waals surface area (Å²) in [5.41, 5.74) is 0. The molecule has 0 aromatic rings. The Morgan fingerprint density at radius 1 is 1.50 bits per heavy atom. The van der Waals surface area contributed by atoms with Crippen molar-refractivity contribution in [3.05, 3.63) is 12.7 Å². The molecule has 0 spiro atoms. The van der Waals surface area contributed by atoms with E-state index in [0.29, 0.717) is 0 Å². The summed E-state index contributed by atoms with van der Waals surface area (Å²) in [6.45, 7) is 7.48. The van der Waals surface area contributed by atoms with Crippen LogP contribution in [0.1, 0.15) is 20.3 Å². The fourth-order valence-electron chi connectivity index (χ4n) is 0.469. The number of amides is 1. The topological polar surface area (TPSA) is 128 Å². The van der Waals surface area contributed by atoms with Gasteiger partial charge in [0, 0.05) is 6.54 Å². The van der Waals surface area contributed by atoms with Gasteiger partial charge < -0.3 is 11.5 Å². The Morgan fingerprint density at radius 2 is 2.00 bits per heavy atom. The van der Waals surface area contributed by atoms with Gasteiger partial charge >= 0.3 is 10.4 Å². The second-order valence-electron chi connectivity index (χ2n) is 2.33. The molecule has 0 aromatic heterocycles. The van der Waals surface area contributed by atoms with E-state index in [1.54, 1.807) is 0 Å². The first-order valence-electron chi connectivity index (χ1n) is 4.39. The molecule has 16 heavy (non-hydrogen) atoms. The van der Waals surface area contributed by atoms with Crippen molar-refractivity contribution in [2.75, 3.05) is 13.2 Å². The van der Waals surface area contributed by atoms with Gasteiger partial charge in [-0.05, 0) is 19.4 Å².